The Morgan fingerprint density at radius 3 is 2.46 bits per heavy atom. The summed E-state index contributed by atoms with van der Waals surface area (Å²) >= 11 is 0. The maximum Gasteiger partial charge on any atom is 0.314 e. The van der Waals surface area contributed by atoms with Gasteiger partial charge in [0.05, 0.1) is 13.2 Å². The van der Waals surface area contributed by atoms with Crippen molar-refractivity contribution in [2.24, 2.45) is 0 Å². The number of hydrogen-bond donors (Lipinski definition) is 0. The number of rotatable bonds is 4. The predicted molar refractivity (Wildman–Crippen MR) is 45.7 cm³/mol. The highest BCUT2D eigenvalue weighted by Gasteiger charge is 2.06. The molecular formula is C9H12O4. The molecule has 13 heavy (non-hydrogen) atoms. The van der Waals surface area contributed by atoms with Gasteiger partial charge >= 0.3 is 5.97 Å². The van der Waals surface area contributed by atoms with Gasteiger partial charge in [-0.2, -0.15) is 0 Å². The van der Waals surface area contributed by atoms with Crippen LogP contribution in [0.2, 0.25) is 0 Å². The molecule has 0 aromatic carbocycles. The van der Waals surface area contributed by atoms with Gasteiger partial charge in [0, 0.05) is 5.92 Å². The lowest BCUT2D eigenvalue weighted by molar-refractivity contribution is -0.144. The molecule has 72 valence electrons. The first kappa shape index (κ1) is 11.5. The van der Waals surface area contributed by atoms with E-state index in [-0.39, 0.29) is 13.0 Å². The van der Waals surface area contributed by atoms with E-state index in [0.717, 1.165) is 0 Å². The summed E-state index contributed by atoms with van der Waals surface area (Å²) in [6.45, 7) is 4.11. The van der Waals surface area contributed by atoms with Gasteiger partial charge in [0.25, 0.3) is 0 Å². The van der Waals surface area contributed by atoms with Crippen molar-refractivity contribution in [2.45, 2.75) is 20.3 Å². The Hall–Kier alpha value is -1.50. The van der Waals surface area contributed by atoms with Crippen molar-refractivity contribution in [3.63, 3.8) is 0 Å². The number of esters is 1. The van der Waals surface area contributed by atoms with Crippen LogP contribution >= 0.6 is 0 Å². The third-order valence-corrected chi connectivity index (χ3v) is 1.02. The molecule has 0 aromatic rings. The lowest BCUT2D eigenvalue weighted by atomic mass is 10.3. The Bertz CT molecular complexity index is 234. The van der Waals surface area contributed by atoms with E-state index in [0.29, 0.717) is 6.61 Å². The zero-order valence-corrected chi connectivity index (χ0v) is 7.75. The molecule has 0 rings (SSSR count). The molecule has 4 nitrogen and oxygen atoms in total. The number of hydrogen-bond acceptors (Lipinski definition) is 4. The van der Waals surface area contributed by atoms with Crippen LogP contribution in [-0.2, 0) is 19.1 Å². The number of carbonyl (C=O) groups is 2. The summed E-state index contributed by atoms with van der Waals surface area (Å²) in [5.41, 5.74) is 0. The molecule has 0 aromatic heterocycles. The van der Waals surface area contributed by atoms with Crippen molar-refractivity contribution in [1.82, 2.24) is 0 Å². The van der Waals surface area contributed by atoms with Gasteiger partial charge in [0.1, 0.15) is 12.5 Å². The Morgan fingerprint density at radius 2 is 1.92 bits per heavy atom. The fraction of sp³-hybridized carbons (Fsp3) is 0.556. The van der Waals surface area contributed by atoms with Crippen molar-refractivity contribution in [3.8, 4) is 12.0 Å². The Balaban J connectivity index is 3.76. The van der Waals surface area contributed by atoms with Crippen LogP contribution in [0.3, 0.4) is 0 Å². The zero-order valence-electron chi connectivity index (χ0n) is 7.75. The topological polar surface area (TPSA) is 52.6 Å². The molecule has 0 aliphatic rings. The number of carbonyl (C=O) groups excluding carboxylic acids is 2. The highest BCUT2D eigenvalue weighted by atomic mass is 16.5. The molecule has 0 atom stereocenters. The maximum absolute atomic E-state index is 10.8. The van der Waals surface area contributed by atoms with Crippen molar-refractivity contribution in [3.05, 3.63) is 0 Å². The van der Waals surface area contributed by atoms with Crippen LogP contribution in [0.15, 0.2) is 0 Å². The van der Waals surface area contributed by atoms with Crippen molar-refractivity contribution in [2.75, 3.05) is 13.2 Å². The normalized spacial score (nSPS) is 8.15. The lowest BCUT2D eigenvalue weighted by Gasteiger charge is -1.96. The Morgan fingerprint density at radius 1 is 1.23 bits per heavy atom. The minimum atomic E-state index is -0.557. The van der Waals surface area contributed by atoms with Gasteiger partial charge in [-0.05, 0) is 13.8 Å². The van der Waals surface area contributed by atoms with E-state index in [1.165, 1.54) is 0 Å². The molecule has 0 saturated carbocycles. The Kier molecular flexibility index (Phi) is 6.34. The summed E-state index contributed by atoms with van der Waals surface area (Å²) in [5, 5.41) is 0. The molecular weight excluding hydrogens is 172 g/mol. The van der Waals surface area contributed by atoms with Crippen LogP contribution in [-0.4, -0.2) is 25.0 Å². The van der Waals surface area contributed by atoms with Gasteiger partial charge < -0.3 is 9.47 Å². The molecule has 0 N–H and O–H groups in total. The predicted octanol–water partition coefficient (Wildman–Crippen LogP) is 0.506. The average molecular weight is 184 g/mol. The molecule has 0 radical (unpaired) electrons. The smallest absolute Gasteiger partial charge is 0.314 e. The van der Waals surface area contributed by atoms with Gasteiger partial charge in [-0.15, -0.1) is 0 Å². The van der Waals surface area contributed by atoms with Crippen molar-refractivity contribution < 1.29 is 19.1 Å². The molecule has 4 heteroatoms. The molecule has 0 heterocycles. The monoisotopic (exact) mass is 184 g/mol. The average Bonchev–Trinajstić information content (AvgIpc) is 2.05. The van der Waals surface area contributed by atoms with Crippen LogP contribution < -0.4 is 0 Å². The second kappa shape index (κ2) is 7.17. The summed E-state index contributed by atoms with van der Waals surface area (Å²) in [4.78, 5) is 21.6. The first-order valence-electron chi connectivity index (χ1n) is 4.02. The first-order valence-corrected chi connectivity index (χ1v) is 4.02. The highest BCUT2D eigenvalue weighted by molar-refractivity contribution is 6.05. The fourth-order valence-electron chi connectivity index (χ4n) is 0.552. The standard InChI is InChI=1S/C9H12O4/c1-3-12-6-5-8(10)7-9(11)13-4-2/h3-4,7H2,1-2H3. The molecule has 0 spiro atoms. The zero-order chi connectivity index (χ0) is 10.1. The van der Waals surface area contributed by atoms with Crippen molar-refractivity contribution >= 4 is 11.8 Å². The number of Topliss-reactive ketones (excluding diaryl/α,β-unsaturated/α-hetero) is 1. The quantitative estimate of drug-likeness (QED) is 0.363. The molecule has 0 amide bonds. The second-order valence-corrected chi connectivity index (χ2v) is 2.07. The van der Waals surface area contributed by atoms with Crippen LogP contribution in [0.25, 0.3) is 0 Å². The molecule has 0 bridgehead atoms. The first-order chi connectivity index (χ1) is 6.20. The molecule has 0 unspecified atom stereocenters. The van der Waals surface area contributed by atoms with Gasteiger partial charge in [-0.25, -0.2) is 0 Å². The van der Waals surface area contributed by atoms with E-state index in [2.05, 4.69) is 21.5 Å². The van der Waals surface area contributed by atoms with Gasteiger partial charge in [0.2, 0.25) is 5.78 Å². The summed E-state index contributed by atoms with van der Waals surface area (Å²) < 4.78 is 9.16. The van der Waals surface area contributed by atoms with Crippen molar-refractivity contribution in [1.29, 1.82) is 0 Å². The molecule has 0 fully saturated rings. The van der Waals surface area contributed by atoms with Crippen LogP contribution in [0.4, 0.5) is 0 Å². The van der Waals surface area contributed by atoms with E-state index in [1.807, 2.05) is 0 Å². The largest absolute Gasteiger partial charge is 0.466 e. The van der Waals surface area contributed by atoms with E-state index in [4.69, 9.17) is 0 Å². The van der Waals surface area contributed by atoms with Gasteiger partial charge in [-0.3, -0.25) is 9.59 Å². The van der Waals surface area contributed by atoms with Gasteiger partial charge in [0.15, 0.2) is 0 Å². The minimum Gasteiger partial charge on any atom is -0.466 e. The summed E-state index contributed by atoms with van der Waals surface area (Å²) in [6, 6.07) is 0. The Labute approximate surface area is 77.2 Å². The fourth-order valence-corrected chi connectivity index (χ4v) is 0.552. The van der Waals surface area contributed by atoms with E-state index >= 15 is 0 Å². The lowest BCUT2D eigenvalue weighted by Crippen LogP contribution is -2.09. The highest BCUT2D eigenvalue weighted by Crippen LogP contribution is 1.87. The molecule has 0 aliphatic carbocycles. The summed E-state index contributed by atoms with van der Waals surface area (Å²) in [5.74, 6) is 1.11. The minimum absolute atomic E-state index is 0.269. The molecule has 0 saturated heterocycles. The van der Waals surface area contributed by atoms with Crippen LogP contribution in [0.5, 0.6) is 0 Å². The summed E-state index contributed by atoms with van der Waals surface area (Å²) in [7, 11) is 0. The number of ether oxygens (including phenoxy) is 2. The molecule has 0 aliphatic heterocycles. The second-order valence-electron chi connectivity index (χ2n) is 2.07. The van der Waals surface area contributed by atoms with E-state index < -0.39 is 11.8 Å². The summed E-state index contributed by atoms with van der Waals surface area (Å²) in [6.07, 6.45) is 1.86. The van der Waals surface area contributed by atoms with Gasteiger partial charge in [-0.1, -0.05) is 0 Å². The van der Waals surface area contributed by atoms with E-state index in [9.17, 15) is 9.59 Å². The van der Waals surface area contributed by atoms with E-state index in [1.54, 1.807) is 13.8 Å². The van der Waals surface area contributed by atoms with Crippen LogP contribution in [0.1, 0.15) is 20.3 Å². The third-order valence-electron chi connectivity index (χ3n) is 1.02. The maximum atomic E-state index is 10.8. The number of ketones is 1. The SMILES string of the molecule is CCOC#CC(=O)CC(=O)OCC. The van der Waals surface area contributed by atoms with Crippen LogP contribution in [0, 0.1) is 12.0 Å². The third kappa shape index (κ3) is 6.88.